The second kappa shape index (κ2) is 12.1. The quantitative estimate of drug-likeness (QED) is 0.444. The summed E-state index contributed by atoms with van der Waals surface area (Å²) in [6.07, 6.45) is 6.53. The molecule has 0 bridgehead atoms. The van der Waals surface area contributed by atoms with Crippen molar-refractivity contribution in [3.05, 3.63) is 70.8 Å². The molecule has 0 heterocycles. The van der Waals surface area contributed by atoms with E-state index in [-0.39, 0.29) is 11.7 Å². The molecule has 0 aliphatic heterocycles. The monoisotopic (exact) mass is 387 g/mol. The number of Topliss-reactive ketones (excluding diaryl/α,β-unsaturated/α-hetero) is 1. The van der Waals surface area contributed by atoms with Gasteiger partial charge in [0.25, 0.3) is 5.91 Å². The Labute approximate surface area is 172 Å². The number of hydrogen-bond donors (Lipinski definition) is 1. The van der Waals surface area contributed by atoms with Crippen LogP contribution in [0, 0.1) is 22.7 Å². The third-order valence-electron chi connectivity index (χ3n) is 4.73. The van der Waals surface area contributed by atoms with Gasteiger partial charge in [-0.25, -0.2) is 0 Å². The Hall–Kier alpha value is -3.44. The van der Waals surface area contributed by atoms with Crippen molar-refractivity contribution in [2.24, 2.45) is 0 Å². The third-order valence-corrected chi connectivity index (χ3v) is 4.73. The number of nitriles is 2. The van der Waals surface area contributed by atoms with Gasteiger partial charge in [-0.2, -0.15) is 10.5 Å². The number of amides is 1. The molecule has 148 valence electrons. The highest BCUT2D eigenvalue weighted by molar-refractivity contribution is 5.96. The number of benzene rings is 2. The summed E-state index contributed by atoms with van der Waals surface area (Å²) in [4.78, 5) is 24.1. The van der Waals surface area contributed by atoms with Crippen LogP contribution < -0.4 is 5.32 Å². The Morgan fingerprint density at radius 3 is 1.72 bits per heavy atom. The summed E-state index contributed by atoms with van der Waals surface area (Å²) >= 11 is 0. The molecule has 1 amide bonds. The molecule has 2 aromatic carbocycles. The SMILES string of the molecule is N#Cc1ccc(C(=O)CCCCCCCCNC(=O)c2ccc(C#N)cc2)cc1. The fraction of sp³-hybridized carbons (Fsp3) is 0.333. The minimum Gasteiger partial charge on any atom is -0.352 e. The lowest BCUT2D eigenvalue weighted by Crippen LogP contribution is -2.24. The molecule has 0 saturated heterocycles. The van der Waals surface area contributed by atoms with E-state index in [0.717, 1.165) is 38.5 Å². The smallest absolute Gasteiger partial charge is 0.251 e. The predicted molar refractivity (Wildman–Crippen MR) is 111 cm³/mol. The van der Waals surface area contributed by atoms with Crippen LogP contribution in [0.2, 0.25) is 0 Å². The zero-order valence-electron chi connectivity index (χ0n) is 16.5. The van der Waals surface area contributed by atoms with Gasteiger partial charge in [-0.1, -0.05) is 37.8 Å². The largest absolute Gasteiger partial charge is 0.352 e. The van der Waals surface area contributed by atoms with Crippen molar-refractivity contribution < 1.29 is 9.59 Å². The predicted octanol–water partition coefficient (Wildman–Crippen LogP) is 4.77. The molecule has 2 aromatic rings. The fourth-order valence-electron chi connectivity index (χ4n) is 2.99. The number of carbonyl (C=O) groups is 2. The molecule has 5 nitrogen and oxygen atoms in total. The van der Waals surface area contributed by atoms with Crippen molar-refractivity contribution in [3.63, 3.8) is 0 Å². The molecular weight excluding hydrogens is 362 g/mol. The Morgan fingerprint density at radius 1 is 0.690 bits per heavy atom. The van der Waals surface area contributed by atoms with Gasteiger partial charge >= 0.3 is 0 Å². The van der Waals surface area contributed by atoms with Crippen LogP contribution in [0.1, 0.15) is 76.8 Å². The molecule has 5 heteroatoms. The van der Waals surface area contributed by atoms with Gasteiger partial charge < -0.3 is 5.32 Å². The van der Waals surface area contributed by atoms with Crippen molar-refractivity contribution in [2.75, 3.05) is 6.54 Å². The molecule has 29 heavy (non-hydrogen) atoms. The van der Waals surface area contributed by atoms with Crippen LogP contribution in [0.25, 0.3) is 0 Å². The van der Waals surface area contributed by atoms with Gasteiger partial charge in [0.2, 0.25) is 0 Å². The van der Waals surface area contributed by atoms with E-state index in [0.29, 0.717) is 35.2 Å². The average molecular weight is 387 g/mol. The highest BCUT2D eigenvalue weighted by Crippen LogP contribution is 2.12. The molecule has 2 rings (SSSR count). The zero-order valence-corrected chi connectivity index (χ0v) is 16.5. The number of carbonyl (C=O) groups excluding carboxylic acids is 2. The second-order valence-electron chi connectivity index (χ2n) is 6.93. The van der Waals surface area contributed by atoms with E-state index >= 15 is 0 Å². The Kier molecular flexibility index (Phi) is 9.12. The highest BCUT2D eigenvalue weighted by Gasteiger charge is 2.06. The maximum atomic E-state index is 12.1. The fourth-order valence-corrected chi connectivity index (χ4v) is 2.99. The van der Waals surface area contributed by atoms with Crippen LogP contribution in [0.3, 0.4) is 0 Å². The van der Waals surface area contributed by atoms with Gasteiger partial charge in [-0.15, -0.1) is 0 Å². The van der Waals surface area contributed by atoms with E-state index in [2.05, 4.69) is 5.32 Å². The van der Waals surface area contributed by atoms with Gasteiger partial charge in [0.05, 0.1) is 23.3 Å². The van der Waals surface area contributed by atoms with Crippen LogP contribution in [0.5, 0.6) is 0 Å². The number of hydrogen-bond acceptors (Lipinski definition) is 4. The van der Waals surface area contributed by atoms with E-state index in [1.165, 1.54) is 0 Å². The molecular formula is C24H25N3O2. The van der Waals surface area contributed by atoms with Gasteiger partial charge in [-0.05, 0) is 49.2 Å². The molecule has 0 spiro atoms. The number of rotatable bonds is 11. The molecule has 1 N–H and O–H groups in total. The Morgan fingerprint density at radius 2 is 1.17 bits per heavy atom. The highest BCUT2D eigenvalue weighted by atomic mass is 16.1. The van der Waals surface area contributed by atoms with E-state index in [4.69, 9.17) is 10.5 Å². The van der Waals surface area contributed by atoms with E-state index < -0.39 is 0 Å². The van der Waals surface area contributed by atoms with Crippen molar-refractivity contribution >= 4 is 11.7 Å². The molecule has 0 saturated carbocycles. The van der Waals surface area contributed by atoms with Crippen molar-refractivity contribution in [1.29, 1.82) is 10.5 Å². The van der Waals surface area contributed by atoms with E-state index in [1.54, 1.807) is 48.5 Å². The lowest BCUT2D eigenvalue weighted by molar-refractivity contribution is 0.0951. The maximum absolute atomic E-state index is 12.1. The number of nitrogens with one attached hydrogen (secondary N) is 1. The molecule has 0 aromatic heterocycles. The molecule has 0 atom stereocenters. The number of unbranched alkanes of at least 4 members (excludes halogenated alkanes) is 5. The minimum absolute atomic E-state index is 0.115. The van der Waals surface area contributed by atoms with Crippen LogP contribution in [0.15, 0.2) is 48.5 Å². The summed E-state index contributed by atoms with van der Waals surface area (Å²) in [6, 6.07) is 17.5. The molecule has 0 fully saturated rings. The second-order valence-corrected chi connectivity index (χ2v) is 6.93. The Bertz CT molecular complexity index is 812. The van der Waals surface area contributed by atoms with E-state index in [9.17, 15) is 9.59 Å². The van der Waals surface area contributed by atoms with Crippen LogP contribution in [-0.4, -0.2) is 18.2 Å². The first kappa shape index (κ1) is 21.9. The van der Waals surface area contributed by atoms with Crippen LogP contribution in [0.4, 0.5) is 0 Å². The zero-order chi connectivity index (χ0) is 20.9. The summed E-state index contributed by atoms with van der Waals surface area (Å²) in [5.74, 6) is 0.0100. The topological polar surface area (TPSA) is 93.8 Å². The number of nitrogens with zero attached hydrogens (tertiary/aromatic N) is 2. The summed E-state index contributed by atoms with van der Waals surface area (Å²) in [7, 11) is 0. The Balaban J connectivity index is 1.50. The van der Waals surface area contributed by atoms with Crippen LogP contribution in [-0.2, 0) is 0 Å². The van der Waals surface area contributed by atoms with Crippen LogP contribution >= 0.6 is 0 Å². The van der Waals surface area contributed by atoms with Gasteiger partial charge in [0.15, 0.2) is 5.78 Å². The van der Waals surface area contributed by atoms with Gasteiger partial charge in [0.1, 0.15) is 0 Å². The first-order chi connectivity index (χ1) is 14.1. The normalized spacial score (nSPS) is 10.0. The molecule has 0 aliphatic carbocycles. The average Bonchev–Trinajstić information content (AvgIpc) is 2.77. The first-order valence-electron chi connectivity index (χ1n) is 9.96. The third kappa shape index (κ3) is 7.60. The molecule has 0 radical (unpaired) electrons. The van der Waals surface area contributed by atoms with Crippen molar-refractivity contribution in [3.8, 4) is 12.1 Å². The summed E-state index contributed by atoms with van der Waals surface area (Å²) in [5.41, 5.74) is 2.34. The van der Waals surface area contributed by atoms with Gasteiger partial charge in [0, 0.05) is 24.1 Å². The standard InChI is InChI=1S/C24H25N3O2/c25-17-19-8-12-21(13-9-19)23(28)7-5-3-1-2-4-6-16-27-24(29)22-14-10-20(18-26)11-15-22/h8-15H,1-7,16H2,(H,27,29). The summed E-state index contributed by atoms with van der Waals surface area (Å²) < 4.78 is 0. The summed E-state index contributed by atoms with van der Waals surface area (Å²) in [6.45, 7) is 0.635. The van der Waals surface area contributed by atoms with Crippen molar-refractivity contribution in [2.45, 2.75) is 44.9 Å². The lowest BCUT2D eigenvalue weighted by atomic mass is 10.0. The van der Waals surface area contributed by atoms with Gasteiger partial charge in [-0.3, -0.25) is 9.59 Å². The molecule has 0 aliphatic rings. The maximum Gasteiger partial charge on any atom is 0.251 e. The van der Waals surface area contributed by atoms with Crippen molar-refractivity contribution in [1.82, 2.24) is 5.32 Å². The van der Waals surface area contributed by atoms with E-state index in [1.807, 2.05) is 12.1 Å². The summed E-state index contributed by atoms with van der Waals surface area (Å²) in [5, 5.41) is 20.4. The molecule has 0 unspecified atom stereocenters. The minimum atomic E-state index is -0.115. The lowest BCUT2D eigenvalue weighted by Gasteiger charge is -2.06. The first-order valence-corrected chi connectivity index (χ1v) is 9.96. The number of ketones is 1.